The highest BCUT2D eigenvalue weighted by Gasteiger charge is 2.14. The van der Waals surface area contributed by atoms with Gasteiger partial charge in [0.25, 0.3) is 11.6 Å². The number of benzene rings is 1. The van der Waals surface area contributed by atoms with Crippen molar-refractivity contribution in [3.05, 3.63) is 37.4 Å². The van der Waals surface area contributed by atoms with E-state index in [0.29, 0.717) is 15.7 Å². The molecule has 0 aliphatic heterocycles. The maximum atomic E-state index is 11.9. The molecular weight excluding hydrogens is 349 g/mol. The third-order valence-corrected chi connectivity index (χ3v) is 3.36. The monoisotopic (exact) mass is 363 g/mol. The number of amides is 1. The number of nitrogens with one attached hydrogen (secondary N) is 2. The molecule has 0 fully saturated rings. The van der Waals surface area contributed by atoms with Crippen molar-refractivity contribution >= 4 is 34.2 Å². The Morgan fingerprint density at radius 2 is 2.22 bits per heavy atom. The molecule has 1 rings (SSSR count). The Bertz CT molecular complexity index is 465. The predicted octanol–water partition coefficient (Wildman–Crippen LogP) is 1.54. The van der Waals surface area contributed by atoms with Crippen LogP contribution in [-0.2, 0) is 0 Å². The van der Waals surface area contributed by atoms with Gasteiger partial charge in [-0.2, -0.15) is 0 Å². The number of rotatable bonds is 5. The second-order valence-electron chi connectivity index (χ2n) is 3.82. The number of hydrogen-bond donors (Lipinski definition) is 2. The number of likely N-dealkylation sites (N-methyl/N-ethyl adjacent to an activating group) is 1. The van der Waals surface area contributed by atoms with Crippen LogP contribution in [-0.4, -0.2) is 30.5 Å². The average molecular weight is 363 g/mol. The third kappa shape index (κ3) is 3.91. The fourth-order valence-electron chi connectivity index (χ4n) is 1.24. The number of carbonyl (C=O) groups excluding carboxylic acids is 1. The van der Waals surface area contributed by atoms with Gasteiger partial charge in [-0.25, -0.2) is 0 Å². The van der Waals surface area contributed by atoms with Gasteiger partial charge in [-0.15, -0.1) is 0 Å². The van der Waals surface area contributed by atoms with Gasteiger partial charge >= 0.3 is 0 Å². The van der Waals surface area contributed by atoms with Gasteiger partial charge in [0.15, 0.2) is 0 Å². The summed E-state index contributed by atoms with van der Waals surface area (Å²) in [5.74, 6) is -0.226. The molecule has 98 valence electrons. The number of nitrogens with zero attached hydrogens (tertiary/aromatic N) is 1. The van der Waals surface area contributed by atoms with E-state index in [9.17, 15) is 14.9 Å². The zero-order chi connectivity index (χ0) is 13.7. The van der Waals surface area contributed by atoms with Gasteiger partial charge in [0.05, 0.1) is 10.5 Å². The molecule has 0 spiro atoms. The molecule has 7 heteroatoms. The van der Waals surface area contributed by atoms with Crippen molar-refractivity contribution in [3.63, 3.8) is 0 Å². The minimum atomic E-state index is -0.479. The number of nitro groups is 1. The molecule has 6 nitrogen and oxygen atoms in total. The summed E-state index contributed by atoms with van der Waals surface area (Å²) in [6.45, 7) is 2.45. The second kappa shape index (κ2) is 6.64. The van der Waals surface area contributed by atoms with Gasteiger partial charge in [0, 0.05) is 28.3 Å². The Kier molecular flexibility index (Phi) is 5.48. The molecular formula is C11H14IN3O3. The largest absolute Gasteiger partial charge is 0.350 e. The van der Waals surface area contributed by atoms with Crippen LogP contribution in [0.15, 0.2) is 18.2 Å². The van der Waals surface area contributed by atoms with Crippen molar-refractivity contribution in [1.82, 2.24) is 10.6 Å². The molecule has 0 heterocycles. The normalized spacial score (nSPS) is 11.9. The zero-order valence-electron chi connectivity index (χ0n) is 10.1. The molecule has 0 aliphatic carbocycles. The number of nitro benzene ring substituents is 1. The van der Waals surface area contributed by atoms with Crippen LogP contribution in [0.4, 0.5) is 5.69 Å². The third-order valence-electron chi connectivity index (χ3n) is 2.47. The Morgan fingerprint density at radius 1 is 1.56 bits per heavy atom. The fourth-order valence-corrected chi connectivity index (χ4v) is 1.99. The quantitative estimate of drug-likeness (QED) is 0.472. The van der Waals surface area contributed by atoms with Gasteiger partial charge in [-0.05, 0) is 42.6 Å². The lowest BCUT2D eigenvalue weighted by Gasteiger charge is -2.12. The van der Waals surface area contributed by atoms with Crippen LogP contribution in [0.2, 0.25) is 0 Å². The summed E-state index contributed by atoms with van der Waals surface area (Å²) >= 11 is 1.92. The molecule has 0 bridgehead atoms. The Morgan fingerprint density at radius 3 is 2.72 bits per heavy atom. The topological polar surface area (TPSA) is 84.3 Å². The molecule has 0 saturated carbocycles. The van der Waals surface area contributed by atoms with Crippen LogP contribution in [0.5, 0.6) is 0 Å². The minimum absolute atomic E-state index is 0.0143. The first kappa shape index (κ1) is 14.8. The van der Waals surface area contributed by atoms with Gasteiger partial charge < -0.3 is 10.6 Å². The molecule has 1 aromatic carbocycles. The van der Waals surface area contributed by atoms with E-state index in [0.717, 1.165) is 0 Å². The van der Waals surface area contributed by atoms with Crippen LogP contribution < -0.4 is 10.6 Å². The lowest BCUT2D eigenvalue weighted by atomic mass is 10.2. The van der Waals surface area contributed by atoms with E-state index in [1.807, 2.05) is 36.6 Å². The molecule has 0 radical (unpaired) electrons. The Balaban J connectivity index is 2.78. The minimum Gasteiger partial charge on any atom is -0.350 e. The van der Waals surface area contributed by atoms with Crippen LogP contribution in [0, 0.1) is 13.7 Å². The van der Waals surface area contributed by atoms with Crippen molar-refractivity contribution in [3.8, 4) is 0 Å². The average Bonchev–Trinajstić information content (AvgIpc) is 2.35. The smallest absolute Gasteiger partial charge is 0.270 e. The molecule has 18 heavy (non-hydrogen) atoms. The second-order valence-corrected chi connectivity index (χ2v) is 4.98. The summed E-state index contributed by atoms with van der Waals surface area (Å²) in [5.41, 5.74) is 0.434. The molecule has 2 N–H and O–H groups in total. The zero-order valence-corrected chi connectivity index (χ0v) is 12.2. The molecule has 1 aromatic rings. The summed E-state index contributed by atoms with van der Waals surface area (Å²) in [4.78, 5) is 22.0. The summed E-state index contributed by atoms with van der Waals surface area (Å²) in [6, 6.07) is 4.36. The molecule has 1 unspecified atom stereocenters. The predicted molar refractivity (Wildman–Crippen MR) is 76.7 cm³/mol. The molecule has 1 atom stereocenters. The van der Waals surface area contributed by atoms with E-state index in [1.54, 1.807) is 0 Å². The summed E-state index contributed by atoms with van der Waals surface area (Å²) in [5, 5.41) is 16.3. The summed E-state index contributed by atoms with van der Waals surface area (Å²) in [7, 11) is 1.81. The van der Waals surface area contributed by atoms with Gasteiger partial charge in [0.1, 0.15) is 0 Å². The van der Waals surface area contributed by atoms with Gasteiger partial charge in [-0.3, -0.25) is 14.9 Å². The lowest BCUT2D eigenvalue weighted by Crippen LogP contribution is -2.37. The Labute approximate surface area is 118 Å². The standard InChI is InChI=1S/C11H14IN3O3/c1-7(13-2)6-14-11(16)9-4-3-8(15(17)18)5-10(9)12/h3-5,7,13H,6H2,1-2H3,(H,14,16). The first-order valence-electron chi connectivity index (χ1n) is 5.35. The molecule has 1 amide bonds. The van der Waals surface area contributed by atoms with Crippen LogP contribution in [0.25, 0.3) is 0 Å². The van der Waals surface area contributed by atoms with Crippen molar-refractivity contribution < 1.29 is 9.72 Å². The highest BCUT2D eigenvalue weighted by molar-refractivity contribution is 14.1. The molecule has 0 aliphatic rings. The molecule has 0 saturated heterocycles. The Hall–Kier alpha value is -1.22. The van der Waals surface area contributed by atoms with Gasteiger partial charge in [0.2, 0.25) is 0 Å². The van der Waals surface area contributed by atoms with E-state index in [4.69, 9.17) is 0 Å². The highest BCUT2D eigenvalue weighted by Crippen LogP contribution is 2.19. The summed E-state index contributed by atoms with van der Waals surface area (Å²) in [6.07, 6.45) is 0. The number of halogens is 1. The van der Waals surface area contributed by atoms with E-state index in [1.165, 1.54) is 18.2 Å². The van der Waals surface area contributed by atoms with E-state index in [-0.39, 0.29) is 17.6 Å². The fraction of sp³-hybridized carbons (Fsp3) is 0.364. The maximum absolute atomic E-state index is 11.9. The van der Waals surface area contributed by atoms with Crippen LogP contribution in [0.3, 0.4) is 0 Å². The molecule has 0 aromatic heterocycles. The SMILES string of the molecule is CNC(C)CNC(=O)c1ccc([N+](=O)[O-])cc1I. The van der Waals surface area contributed by atoms with E-state index in [2.05, 4.69) is 10.6 Å². The van der Waals surface area contributed by atoms with Crippen LogP contribution in [0.1, 0.15) is 17.3 Å². The van der Waals surface area contributed by atoms with Crippen LogP contribution >= 0.6 is 22.6 Å². The van der Waals surface area contributed by atoms with Gasteiger partial charge in [-0.1, -0.05) is 0 Å². The number of carbonyl (C=O) groups is 1. The van der Waals surface area contributed by atoms with E-state index < -0.39 is 4.92 Å². The first-order chi connectivity index (χ1) is 8.45. The van der Waals surface area contributed by atoms with Crippen molar-refractivity contribution in [1.29, 1.82) is 0 Å². The van der Waals surface area contributed by atoms with E-state index >= 15 is 0 Å². The maximum Gasteiger partial charge on any atom is 0.270 e. The van der Waals surface area contributed by atoms with Crippen molar-refractivity contribution in [2.75, 3.05) is 13.6 Å². The van der Waals surface area contributed by atoms with Crippen molar-refractivity contribution in [2.24, 2.45) is 0 Å². The number of non-ortho nitro benzene ring substituents is 1. The summed E-state index contributed by atoms with van der Waals surface area (Å²) < 4.78 is 0.566. The first-order valence-corrected chi connectivity index (χ1v) is 6.43. The highest BCUT2D eigenvalue weighted by atomic mass is 127. The number of hydrogen-bond acceptors (Lipinski definition) is 4. The lowest BCUT2D eigenvalue weighted by molar-refractivity contribution is -0.384. The van der Waals surface area contributed by atoms with Crippen molar-refractivity contribution in [2.45, 2.75) is 13.0 Å².